The Labute approximate surface area is 200 Å². The van der Waals surface area contributed by atoms with Gasteiger partial charge < -0.3 is 24.7 Å². The van der Waals surface area contributed by atoms with Crippen molar-refractivity contribution in [3.8, 4) is 22.9 Å². The van der Waals surface area contributed by atoms with Crippen LogP contribution in [0.1, 0.15) is 12.0 Å². The fraction of sp³-hybridized carbons (Fsp3) is 0.273. The maximum absolute atomic E-state index is 11.2. The zero-order valence-electron chi connectivity index (χ0n) is 17.5. The van der Waals surface area contributed by atoms with Crippen LogP contribution < -0.4 is 9.64 Å². The third kappa shape index (κ3) is 5.81. The first-order chi connectivity index (χ1) is 15.9. The van der Waals surface area contributed by atoms with Crippen LogP contribution in [-0.4, -0.2) is 62.3 Å². The first kappa shape index (κ1) is 23.0. The average molecular weight is 490 g/mol. The third-order valence-electron chi connectivity index (χ3n) is 5.09. The number of benzene rings is 1. The molecular weight excluding hydrogens is 469 g/mol. The van der Waals surface area contributed by atoms with E-state index in [-0.39, 0.29) is 12.5 Å². The first-order valence-electron chi connectivity index (χ1n) is 10.2. The molecule has 4 rings (SSSR count). The van der Waals surface area contributed by atoms with E-state index in [0.29, 0.717) is 71.2 Å². The highest BCUT2D eigenvalue weighted by Gasteiger charge is 2.20. The van der Waals surface area contributed by atoms with Crippen LogP contribution in [0.5, 0.6) is 11.6 Å². The molecule has 0 aliphatic carbocycles. The Kier molecular flexibility index (Phi) is 7.12. The molecule has 9 nitrogen and oxygen atoms in total. The Morgan fingerprint density at radius 2 is 1.73 bits per heavy atom. The summed E-state index contributed by atoms with van der Waals surface area (Å²) in [6, 6.07) is 8.44. The van der Waals surface area contributed by atoms with Gasteiger partial charge in [-0.2, -0.15) is 0 Å². The number of anilines is 1. The molecule has 0 bridgehead atoms. The smallest absolute Gasteiger partial charge is 0.407 e. The summed E-state index contributed by atoms with van der Waals surface area (Å²) in [5.74, 6) is 1.13. The summed E-state index contributed by atoms with van der Waals surface area (Å²) >= 11 is 12.2. The van der Waals surface area contributed by atoms with E-state index in [0.717, 1.165) is 0 Å². The minimum atomic E-state index is -0.918. The predicted molar refractivity (Wildman–Crippen MR) is 124 cm³/mol. The minimum Gasteiger partial charge on any atom is -0.465 e. The molecule has 0 spiro atoms. The number of aliphatic hydroxyl groups excluding tert-OH is 1. The van der Waals surface area contributed by atoms with E-state index < -0.39 is 6.09 Å². The average Bonchev–Trinajstić information content (AvgIpc) is 3.05. The molecule has 1 aliphatic rings. The molecule has 1 aromatic carbocycles. The van der Waals surface area contributed by atoms with Gasteiger partial charge in [0.05, 0.1) is 24.7 Å². The fourth-order valence-corrected chi connectivity index (χ4v) is 4.03. The van der Waals surface area contributed by atoms with Crippen LogP contribution in [-0.2, 0) is 6.61 Å². The van der Waals surface area contributed by atoms with Crippen LogP contribution in [0.25, 0.3) is 11.3 Å². The Hall–Kier alpha value is -3.14. The first-order valence-corrected chi connectivity index (χ1v) is 11.0. The molecule has 3 heterocycles. The molecule has 33 heavy (non-hydrogen) atoms. The Bertz CT molecular complexity index is 1130. The van der Waals surface area contributed by atoms with Crippen molar-refractivity contribution in [2.45, 2.75) is 13.0 Å². The van der Waals surface area contributed by atoms with E-state index in [9.17, 15) is 15.0 Å². The maximum Gasteiger partial charge on any atom is 0.407 e. The van der Waals surface area contributed by atoms with Gasteiger partial charge >= 0.3 is 6.09 Å². The quantitative estimate of drug-likeness (QED) is 0.544. The number of carboxylic acid groups (broad SMARTS) is 1. The lowest BCUT2D eigenvalue weighted by molar-refractivity contribution is 0.148. The second-order valence-electron chi connectivity index (χ2n) is 7.45. The number of amides is 1. The van der Waals surface area contributed by atoms with E-state index in [4.69, 9.17) is 27.9 Å². The molecule has 1 amide bonds. The summed E-state index contributed by atoms with van der Waals surface area (Å²) < 4.78 is 5.84. The molecule has 0 unspecified atom stereocenters. The second-order valence-corrected chi connectivity index (χ2v) is 8.32. The number of nitrogens with zero attached hydrogens (tertiary/aromatic N) is 5. The molecule has 1 saturated heterocycles. The summed E-state index contributed by atoms with van der Waals surface area (Å²) in [5, 5.41) is 19.8. The van der Waals surface area contributed by atoms with Gasteiger partial charge in [-0.1, -0.05) is 23.2 Å². The molecule has 11 heteroatoms. The topological polar surface area (TPSA) is 112 Å². The SMILES string of the molecule is O=C(O)N1CCCN(c2ncc(Oc3cc(CO)cc(-c4cc(Cl)cc(Cl)c4)n3)cn2)CC1. The fourth-order valence-electron chi connectivity index (χ4n) is 3.51. The molecule has 172 valence electrons. The second kappa shape index (κ2) is 10.2. The van der Waals surface area contributed by atoms with E-state index in [2.05, 4.69) is 15.0 Å². The lowest BCUT2D eigenvalue weighted by Crippen LogP contribution is -2.34. The molecule has 3 aromatic rings. The van der Waals surface area contributed by atoms with Crippen molar-refractivity contribution in [2.24, 2.45) is 0 Å². The number of hydrogen-bond donors (Lipinski definition) is 2. The van der Waals surface area contributed by atoms with Gasteiger partial charge in [0.1, 0.15) is 0 Å². The van der Waals surface area contributed by atoms with E-state index in [1.807, 2.05) is 4.90 Å². The summed E-state index contributed by atoms with van der Waals surface area (Å²) in [7, 11) is 0. The van der Waals surface area contributed by atoms with Gasteiger partial charge in [-0.25, -0.2) is 19.7 Å². The van der Waals surface area contributed by atoms with Gasteiger partial charge in [0.15, 0.2) is 5.75 Å². The molecule has 2 aromatic heterocycles. The van der Waals surface area contributed by atoms with Crippen molar-refractivity contribution in [1.82, 2.24) is 19.9 Å². The normalized spacial score (nSPS) is 14.2. The highest BCUT2D eigenvalue weighted by Crippen LogP contribution is 2.30. The zero-order chi connectivity index (χ0) is 23.4. The van der Waals surface area contributed by atoms with Crippen molar-refractivity contribution >= 4 is 35.2 Å². The van der Waals surface area contributed by atoms with Crippen molar-refractivity contribution in [1.29, 1.82) is 0 Å². The van der Waals surface area contributed by atoms with Crippen LogP contribution in [0.15, 0.2) is 42.7 Å². The van der Waals surface area contributed by atoms with Gasteiger partial charge in [0.25, 0.3) is 0 Å². The van der Waals surface area contributed by atoms with Crippen molar-refractivity contribution in [3.63, 3.8) is 0 Å². The highest BCUT2D eigenvalue weighted by molar-refractivity contribution is 6.35. The lowest BCUT2D eigenvalue weighted by Gasteiger charge is -2.20. The monoisotopic (exact) mass is 489 g/mol. The summed E-state index contributed by atoms with van der Waals surface area (Å²) in [4.78, 5) is 27.8. The number of hydrogen-bond acceptors (Lipinski definition) is 7. The number of rotatable bonds is 5. The molecule has 0 atom stereocenters. The molecule has 1 aliphatic heterocycles. The number of carbonyl (C=O) groups is 1. The summed E-state index contributed by atoms with van der Waals surface area (Å²) in [6.07, 6.45) is 2.84. The Morgan fingerprint density at radius 1 is 1.00 bits per heavy atom. The third-order valence-corrected chi connectivity index (χ3v) is 5.53. The molecule has 1 fully saturated rings. The largest absolute Gasteiger partial charge is 0.465 e. The number of halogens is 2. The van der Waals surface area contributed by atoms with Crippen LogP contribution >= 0.6 is 23.2 Å². The van der Waals surface area contributed by atoms with Gasteiger partial charge in [0, 0.05) is 47.9 Å². The number of pyridine rings is 1. The summed E-state index contributed by atoms with van der Waals surface area (Å²) in [6.45, 7) is 1.86. The van der Waals surface area contributed by atoms with Gasteiger partial charge in [0.2, 0.25) is 11.8 Å². The molecule has 2 N–H and O–H groups in total. The van der Waals surface area contributed by atoms with Crippen molar-refractivity contribution < 1.29 is 19.7 Å². The van der Waals surface area contributed by atoms with E-state index >= 15 is 0 Å². The highest BCUT2D eigenvalue weighted by atomic mass is 35.5. The molecule has 0 radical (unpaired) electrons. The summed E-state index contributed by atoms with van der Waals surface area (Å²) in [5.41, 5.74) is 1.85. The van der Waals surface area contributed by atoms with Crippen LogP contribution in [0.3, 0.4) is 0 Å². The zero-order valence-corrected chi connectivity index (χ0v) is 19.0. The van der Waals surface area contributed by atoms with Crippen molar-refractivity contribution in [3.05, 3.63) is 58.3 Å². The molecular formula is C22H21Cl2N5O4. The standard InChI is InChI=1S/C22H21Cl2N5O4/c23-16-8-15(9-17(24)10-16)19-6-14(13-30)7-20(27-19)33-18-11-25-21(26-12-18)28-2-1-3-29(5-4-28)22(31)32/h6-12,30H,1-5,13H2,(H,31,32). The molecule has 0 saturated carbocycles. The number of aromatic nitrogens is 3. The van der Waals surface area contributed by atoms with Crippen LogP contribution in [0, 0.1) is 0 Å². The van der Waals surface area contributed by atoms with Crippen LogP contribution in [0.4, 0.5) is 10.7 Å². The van der Waals surface area contributed by atoms with E-state index in [1.54, 1.807) is 30.3 Å². The number of aliphatic hydroxyl groups is 1. The predicted octanol–water partition coefficient (Wildman–Crippen LogP) is 4.32. The Balaban J connectivity index is 1.51. The maximum atomic E-state index is 11.2. The van der Waals surface area contributed by atoms with Crippen molar-refractivity contribution in [2.75, 3.05) is 31.1 Å². The Morgan fingerprint density at radius 3 is 2.39 bits per heavy atom. The van der Waals surface area contributed by atoms with Gasteiger partial charge in [-0.15, -0.1) is 0 Å². The van der Waals surface area contributed by atoms with E-state index in [1.165, 1.54) is 17.3 Å². The minimum absolute atomic E-state index is 0.196. The van der Waals surface area contributed by atoms with Gasteiger partial charge in [-0.05, 0) is 36.2 Å². The lowest BCUT2D eigenvalue weighted by atomic mass is 10.1. The van der Waals surface area contributed by atoms with Gasteiger partial charge in [-0.3, -0.25) is 0 Å². The number of ether oxygens (including phenoxy) is 1. The van der Waals surface area contributed by atoms with Crippen LogP contribution in [0.2, 0.25) is 10.0 Å².